The topological polar surface area (TPSA) is 27.7 Å². The van der Waals surface area contributed by atoms with E-state index < -0.39 is 5.60 Å². The van der Waals surface area contributed by atoms with Gasteiger partial charge in [-0.25, -0.2) is 0 Å². The van der Waals surface area contributed by atoms with Crippen molar-refractivity contribution in [3.8, 4) is 0 Å². The molecule has 2 heterocycles. The SMILES string of the molecule is C1=CC[C@H]2O[C@H](COC(c3ccccc3)(c3ccccc3)c3ccccc3)C=C[C@H]2OC1. The second kappa shape index (κ2) is 9.66. The van der Waals surface area contributed by atoms with Crippen molar-refractivity contribution in [2.45, 2.75) is 30.3 Å². The lowest BCUT2D eigenvalue weighted by molar-refractivity contribution is -0.110. The van der Waals surface area contributed by atoms with Gasteiger partial charge >= 0.3 is 0 Å². The molecular weight excluding hydrogens is 396 g/mol. The molecule has 3 heteroatoms. The minimum absolute atomic E-state index is 0.00313. The summed E-state index contributed by atoms with van der Waals surface area (Å²) in [6.07, 6.45) is 9.16. The monoisotopic (exact) mass is 424 g/mol. The number of rotatable bonds is 6. The lowest BCUT2D eigenvalue weighted by Gasteiger charge is -2.38. The van der Waals surface area contributed by atoms with Gasteiger partial charge in [-0.3, -0.25) is 0 Å². The summed E-state index contributed by atoms with van der Waals surface area (Å²) in [5.41, 5.74) is 2.54. The van der Waals surface area contributed by atoms with Gasteiger partial charge in [-0.15, -0.1) is 0 Å². The zero-order chi connectivity index (χ0) is 21.6. The van der Waals surface area contributed by atoms with Crippen LogP contribution in [0.4, 0.5) is 0 Å². The van der Waals surface area contributed by atoms with Crippen LogP contribution >= 0.6 is 0 Å². The predicted octanol–water partition coefficient (Wildman–Crippen LogP) is 5.66. The van der Waals surface area contributed by atoms with E-state index in [-0.39, 0.29) is 18.3 Å². The fourth-order valence-corrected chi connectivity index (χ4v) is 4.59. The third-order valence-electron chi connectivity index (χ3n) is 6.16. The van der Waals surface area contributed by atoms with Crippen LogP contribution in [0.15, 0.2) is 115 Å². The Morgan fingerprint density at radius 3 is 1.84 bits per heavy atom. The Kier molecular flexibility index (Phi) is 6.31. The van der Waals surface area contributed by atoms with Crippen LogP contribution in [0.5, 0.6) is 0 Å². The molecule has 3 nitrogen and oxygen atoms in total. The standard InChI is InChI=1S/C29H28O3/c1-4-12-23(13-5-1)29(24-14-6-2-7-15-24,25-16-8-3-9-17-25)31-22-26-19-20-27-28(32-26)18-10-11-21-30-27/h1-17,19-20,26-28H,18,21-22H2/t26-,27+,28+/m0/s1. The summed E-state index contributed by atoms with van der Waals surface area (Å²) in [5, 5.41) is 0. The molecule has 0 aromatic heterocycles. The lowest BCUT2D eigenvalue weighted by atomic mass is 9.80. The van der Waals surface area contributed by atoms with E-state index in [0.29, 0.717) is 13.2 Å². The summed E-state index contributed by atoms with van der Waals surface area (Å²) in [6, 6.07) is 31.3. The number of fused-ring (bicyclic) bond motifs is 1. The fourth-order valence-electron chi connectivity index (χ4n) is 4.59. The molecule has 0 unspecified atom stereocenters. The van der Waals surface area contributed by atoms with Gasteiger partial charge in [0.1, 0.15) is 11.7 Å². The van der Waals surface area contributed by atoms with Crippen LogP contribution in [0.25, 0.3) is 0 Å². The molecule has 3 atom stereocenters. The molecule has 5 rings (SSSR count). The largest absolute Gasteiger partial charge is 0.367 e. The van der Waals surface area contributed by atoms with Crippen molar-refractivity contribution in [1.29, 1.82) is 0 Å². The number of ether oxygens (including phenoxy) is 3. The molecule has 0 spiro atoms. The predicted molar refractivity (Wildman–Crippen MR) is 126 cm³/mol. The van der Waals surface area contributed by atoms with Crippen molar-refractivity contribution in [3.05, 3.63) is 132 Å². The Labute approximate surface area is 190 Å². The molecule has 3 aromatic carbocycles. The second-order valence-corrected chi connectivity index (χ2v) is 8.19. The highest BCUT2D eigenvalue weighted by Gasteiger charge is 2.39. The molecule has 0 aliphatic carbocycles. The average molecular weight is 425 g/mol. The molecule has 2 aliphatic heterocycles. The normalized spacial score (nSPS) is 22.8. The van der Waals surface area contributed by atoms with Crippen LogP contribution in [0.1, 0.15) is 23.1 Å². The summed E-state index contributed by atoms with van der Waals surface area (Å²) in [6.45, 7) is 1.07. The lowest BCUT2D eigenvalue weighted by Crippen LogP contribution is -2.41. The summed E-state index contributed by atoms with van der Waals surface area (Å²) >= 11 is 0. The summed E-state index contributed by atoms with van der Waals surface area (Å²) in [4.78, 5) is 0. The molecule has 0 N–H and O–H groups in total. The van der Waals surface area contributed by atoms with E-state index in [9.17, 15) is 0 Å². The van der Waals surface area contributed by atoms with E-state index in [0.717, 1.165) is 23.1 Å². The molecule has 0 saturated carbocycles. The highest BCUT2D eigenvalue weighted by atomic mass is 16.6. The molecule has 0 saturated heterocycles. The van der Waals surface area contributed by atoms with Gasteiger partial charge in [0.2, 0.25) is 0 Å². The highest BCUT2D eigenvalue weighted by Crippen LogP contribution is 2.40. The number of benzene rings is 3. The first kappa shape index (κ1) is 20.9. The first-order chi connectivity index (χ1) is 15.9. The second-order valence-electron chi connectivity index (χ2n) is 8.19. The van der Waals surface area contributed by atoms with Crippen LogP contribution in [0, 0.1) is 0 Å². The first-order valence-corrected chi connectivity index (χ1v) is 11.3. The molecule has 3 aromatic rings. The average Bonchev–Trinajstić information content (AvgIpc) is 3.12. The van der Waals surface area contributed by atoms with Gasteiger partial charge in [0, 0.05) is 0 Å². The molecule has 162 valence electrons. The molecule has 0 radical (unpaired) electrons. The van der Waals surface area contributed by atoms with Crippen LogP contribution in [0.2, 0.25) is 0 Å². The van der Waals surface area contributed by atoms with Gasteiger partial charge in [0.15, 0.2) is 0 Å². The van der Waals surface area contributed by atoms with Crippen molar-refractivity contribution in [1.82, 2.24) is 0 Å². The molecule has 2 aliphatic rings. The maximum absolute atomic E-state index is 6.90. The maximum Gasteiger partial charge on any atom is 0.143 e. The molecule has 32 heavy (non-hydrogen) atoms. The first-order valence-electron chi connectivity index (χ1n) is 11.3. The van der Waals surface area contributed by atoms with Gasteiger partial charge < -0.3 is 14.2 Å². The van der Waals surface area contributed by atoms with Crippen LogP contribution < -0.4 is 0 Å². The van der Waals surface area contributed by atoms with Crippen molar-refractivity contribution in [2.75, 3.05) is 13.2 Å². The van der Waals surface area contributed by atoms with Gasteiger partial charge in [-0.1, -0.05) is 115 Å². The van der Waals surface area contributed by atoms with Crippen molar-refractivity contribution < 1.29 is 14.2 Å². The van der Waals surface area contributed by atoms with Gasteiger partial charge in [-0.05, 0) is 23.1 Å². The van der Waals surface area contributed by atoms with Crippen LogP contribution in [0.3, 0.4) is 0 Å². The van der Waals surface area contributed by atoms with E-state index >= 15 is 0 Å². The van der Waals surface area contributed by atoms with E-state index in [1.54, 1.807) is 0 Å². The zero-order valence-electron chi connectivity index (χ0n) is 18.0. The Balaban J connectivity index is 1.51. The Morgan fingerprint density at radius 2 is 1.28 bits per heavy atom. The Hall–Kier alpha value is -2.98. The molecule has 0 amide bonds. The summed E-state index contributed by atoms with van der Waals surface area (Å²) in [7, 11) is 0. The van der Waals surface area contributed by atoms with Gasteiger partial charge in [0.25, 0.3) is 0 Å². The fraction of sp³-hybridized carbons (Fsp3) is 0.241. The van der Waals surface area contributed by atoms with Crippen molar-refractivity contribution in [3.63, 3.8) is 0 Å². The maximum atomic E-state index is 6.90. The molecule has 0 bridgehead atoms. The molecule has 0 fully saturated rings. The van der Waals surface area contributed by atoms with Gasteiger partial charge in [-0.2, -0.15) is 0 Å². The minimum atomic E-state index is -0.738. The van der Waals surface area contributed by atoms with E-state index in [2.05, 4.69) is 97.1 Å². The third-order valence-corrected chi connectivity index (χ3v) is 6.16. The number of hydrogen-bond donors (Lipinski definition) is 0. The van der Waals surface area contributed by atoms with E-state index in [1.165, 1.54) is 0 Å². The van der Waals surface area contributed by atoms with Crippen LogP contribution in [-0.4, -0.2) is 31.5 Å². The summed E-state index contributed by atoms with van der Waals surface area (Å²) < 4.78 is 19.2. The molecular formula is C29H28O3. The van der Waals surface area contributed by atoms with Crippen molar-refractivity contribution >= 4 is 0 Å². The third kappa shape index (κ3) is 4.20. The summed E-state index contributed by atoms with van der Waals surface area (Å²) in [5.74, 6) is 0. The van der Waals surface area contributed by atoms with Crippen LogP contribution in [-0.2, 0) is 19.8 Å². The zero-order valence-corrected chi connectivity index (χ0v) is 18.0. The Bertz CT molecular complexity index is 947. The Morgan fingerprint density at radius 1 is 0.719 bits per heavy atom. The highest BCUT2D eigenvalue weighted by molar-refractivity contribution is 5.47. The minimum Gasteiger partial charge on any atom is -0.367 e. The van der Waals surface area contributed by atoms with Gasteiger partial charge in [0.05, 0.1) is 25.4 Å². The quantitative estimate of drug-likeness (QED) is 0.377. The smallest absolute Gasteiger partial charge is 0.143 e. The van der Waals surface area contributed by atoms with E-state index in [4.69, 9.17) is 14.2 Å². The number of hydrogen-bond acceptors (Lipinski definition) is 3. The van der Waals surface area contributed by atoms with E-state index in [1.807, 2.05) is 18.2 Å². The van der Waals surface area contributed by atoms with Crippen molar-refractivity contribution in [2.24, 2.45) is 0 Å².